The number of likely N-dealkylation sites (N-methyl/N-ethyl adjacent to an activating group) is 1. The Morgan fingerprint density at radius 1 is 1.00 bits per heavy atom. The van der Waals surface area contributed by atoms with Crippen LogP contribution in [0, 0.1) is 13.8 Å². The monoisotopic (exact) mass is 387 g/mol. The SMILES string of the molecule is COc1ccc(OCCN(C)C(=O)c2cc(C)c(OCC(=O)O)c(C)c2)cc1. The number of carboxylic acids is 1. The van der Waals surface area contributed by atoms with Gasteiger partial charge < -0.3 is 24.2 Å². The molecular weight excluding hydrogens is 362 g/mol. The van der Waals surface area contributed by atoms with E-state index in [1.165, 1.54) is 0 Å². The molecule has 0 fully saturated rings. The number of carbonyl (C=O) groups is 2. The average Bonchev–Trinajstić information content (AvgIpc) is 2.66. The van der Waals surface area contributed by atoms with Gasteiger partial charge >= 0.3 is 5.97 Å². The zero-order valence-corrected chi connectivity index (χ0v) is 16.5. The molecule has 0 saturated carbocycles. The molecule has 0 aliphatic carbocycles. The fourth-order valence-electron chi connectivity index (χ4n) is 2.73. The number of nitrogens with zero attached hydrogens (tertiary/aromatic N) is 1. The Labute approximate surface area is 164 Å². The highest BCUT2D eigenvalue weighted by Gasteiger charge is 2.16. The first kappa shape index (κ1) is 21.1. The lowest BCUT2D eigenvalue weighted by Crippen LogP contribution is -2.31. The lowest BCUT2D eigenvalue weighted by atomic mass is 10.0. The first-order valence-electron chi connectivity index (χ1n) is 8.80. The maximum absolute atomic E-state index is 12.7. The number of carbonyl (C=O) groups excluding carboxylic acids is 1. The number of aryl methyl sites for hydroxylation is 2. The number of hydrogen-bond donors (Lipinski definition) is 1. The molecule has 7 heteroatoms. The number of benzene rings is 2. The molecule has 150 valence electrons. The van der Waals surface area contributed by atoms with Crippen LogP contribution in [0.1, 0.15) is 21.5 Å². The van der Waals surface area contributed by atoms with Gasteiger partial charge in [0.25, 0.3) is 5.91 Å². The van der Waals surface area contributed by atoms with E-state index in [2.05, 4.69) is 0 Å². The van der Waals surface area contributed by atoms with Crippen LogP contribution >= 0.6 is 0 Å². The van der Waals surface area contributed by atoms with Crippen LogP contribution in [0.4, 0.5) is 0 Å². The van der Waals surface area contributed by atoms with Crippen molar-refractivity contribution >= 4 is 11.9 Å². The van der Waals surface area contributed by atoms with Crippen molar-refractivity contribution in [2.24, 2.45) is 0 Å². The van der Waals surface area contributed by atoms with E-state index in [4.69, 9.17) is 19.3 Å². The molecule has 2 aromatic carbocycles. The molecule has 2 aromatic rings. The third-order valence-corrected chi connectivity index (χ3v) is 4.15. The van der Waals surface area contributed by atoms with E-state index in [0.29, 0.717) is 41.3 Å². The first-order valence-corrected chi connectivity index (χ1v) is 8.80. The number of methoxy groups -OCH3 is 1. The van der Waals surface area contributed by atoms with Gasteiger partial charge in [-0.15, -0.1) is 0 Å². The average molecular weight is 387 g/mol. The standard InChI is InChI=1S/C21H25NO6/c1-14-11-16(12-15(2)20(14)28-13-19(23)24)21(25)22(3)9-10-27-18-7-5-17(26-4)6-8-18/h5-8,11-12H,9-10,13H2,1-4H3,(H,23,24). The highest BCUT2D eigenvalue weighted by atomic mass is 16.5. The van der Waals surface area contributed by atoms with Crippen LogP contribution < -0.4 is 14.2 Å². The van der Waals surface area contributed by atoms with Gasteiger partial charge in [-0.05, 0) is 61.4 Å². The minimum Gasteiger partial charge on any atom is -0.497 e. The Hall–Kier alpha value is -3.22. The van der Waals surface area contributed by atoms with Gasteiger partial charge in [-0.3, -0.25) is 4.79 Å². The Bertz CT molecular complexity index is 808. The number of amides is 1. The second kappa shape index (κ2) is 9.64. The van der Waals surface area contributed by atoms with Crippen molar-refractivity contribution in [3.05, 3.63) is 53.1 Å². The van der Waals surface area contributed by atoms with E-state index in [9.17, 15) is 9.59 Å². The summed E-state index contributed by atoms with van der Waals surface area (Å²) in [5.41, 5.74) is 1.95. The van der Waals surface area contributed by atoms with Gasteiger partial charge in [-0.25, -0.2) is 4.79 Å². The number of rotatable bonds is 9. The van der Waals surface area contributed by atoms with Crippen molar-refractivity contribution < 1.29 is 28.9 Å². The Kier molecular flexibility index (Phi) is 7.26. The molecule has 0 saturated heterocycles. The topological polar surface area (TPSA) is 85.3 Å². The van der Waals surface area contributed by atoms with E-state index in [1.807, 2.05) is 24.3 Å². The van der Waals surface area contributed by atoms with Crippen LogP contribution in [0.3, 0.4) is 0 Å². The van der Waals surface area contributed by atoms with Gasteiger partial charge in [0.1, 0.15) is 23.9 Å². The fourth-order valence-corrected chi connectivity index (χ4v) is 2.73. The molecule has 0 aliphatic rings. The van der Waals surface area contributed by atoms with Crippen molar-refractivity contribution in [3.8, 4) is 17.2 Å². The van der Waals surface area contributed by atoms with Crippen LogP contribution in [0.15, 0.2) is 36.4 Å². The molecule has 0 spiro atoms. The summed E-state index contributed by atoms with van der Waals surface area (Å²) < 4.78 is 16.1. The molecule has 0 aromatic heterocycles. The van der Waals surface area contributed by atoms with Gasteiger partial charge in [0, 0.05) is 12.6 Å². The lowest BCUT2D eigenvalue weighted by Gasteiger charge is -2.19. The number of ether oxygens (including phenoxy) is 3. The van der Waals surface area contributed by atoms with Gasteiger partial charge in [-0.2, -0.15) is 0 Å². The summed E-state index contributed by atoms with van der Waals surface area (Å²) in [6.45, 7) is 3.92. The third-order valence-electron chi connectivity index (χ3n) is 4.15. The summed E-state index contributed by atoms with van der Waals surface area (Å²) in [6.07, 6.45) is 0. The van der Waals surface area contributed by atoms with Crippen molar-refractivity contribution in [1.29, 1.82) is 0 Å². The molecule has 0 unspecified atom stereocenters. The van der Waals surface area contributed by atoms with Gasteiger partial charge in [0.15, 0.2) is 6.61 Å². The van der Waals surface area contributed by atoms with E-state index in [0.717, 1.165) is 5.75 Å². The Morgan fingerprint density at radius 3 is 2.11 bits per heavy atom. The van der Waals surface area contributed by atoms with Gasteiger partial charge in [0.05, 0.1) is 13.7 Å². The second-order valence-corrected chi connectivity index (χ2v) is 6.37. The molecule has 0 bridgehead atoms. The molecule has 28 heavy (non-hydrogen) atoms. The van der Waals surface area contributed by atoms with Crippen LogP contribution in [0.25, 0.3) is 0 Å². The van der Waals surface area contributed by atoms with Gasteiger partial charge in [0.2, 0.25) is 0 Å². The molecular formula is C21H25NO6. The van der Waals surface area contributed by atoms with Crippen LogP contribution in [0.5, 0.6) is 17.2 Å². The highest BCUT2D eigenvalue weighted by Crippen LogP contribution is 2.25. The summed E-state index contributed by atoms with van der Waals surface area (Å²) in [5.74, 6) is 0.753. The predicted octanol–water partition coefficient (Wildman–Crippen LogP) is 2.93. The van der Waals surface area contributed by atoms with E-state index < -0.39 is 12.6 Å². The van der Waals surface area contributed by atoms with Crippen LogP contribution in [-0.2, 0) is 4.79 Å². The van der Waals surface area contributed by atoms with Crippen LogP contribution in [0.2, 0.25) is 0 Å². The smallest absolute Gasteiger partial charge is 0.341 e. The first-order chi connectivity index (χ1) is 13.3. The minimum atomic E-state index is -1.05. The highest BCUT2D eigenvalue weighted by molar-refractivity contribution is 5.94. The molecule has 0 radical (unpaired) electrons. The summed E-state index contributed by atoms with van der Waals surface area (Å²) >= 11 is 0. The molecule has 0 aliphatic heterocycles. The molecule has 1 N–H and O–H groups in total. The molecule has 7 nitrogen and oxygen atoms in total. The molecule has 1 amide bonds. The fraction of sp³-hybridized carbons (Fsp3) is 0.333. The van der Waals surface area contributed by atoms with E-state index >= 15 is 0 Å². The van der Waals surface area contributed by atoms with Crippen LogP contribution in [-0.4, -0.2) is 55.8 Å². The van der Waals surface area contributed by atoms with E-state index in [-0.39, 0.29) is 5.91 Å². The predicted molar refractivity (Wildman–Crippen MR) is 104 cm³/mol. The maximum Gasteiger partial charge on any atom is 0.341 e. The zero-order chi connectivity index (χ0) is 20.7. The van der Waals surface area contributed by atoms with Gasteiger partial charge in [-0.1, -0.05) is 0 Å². The maximum atomic E-state index is 12.7. The summed E-state index contributed by atoms with van der Waals surface area (Å²) in [6, 6.07) is 10.6. The minimum absolute atomic E-state index is 0.144. The molecule has 0 atom stereocenters. The quantitative estimate of drug-likeness (QED) is 0.712. The number of aliphatic carboxylic acids is 1. The zero-order valence-electron chi connectivity index (χ0n) is 16.5. The second-order valence-electron chi connectivity index (χ2n) is 6.37. The summed E-state index contributed by atoms with van der Waals surface area (Å²) in [5, 5.41) is 8.76. The summed E-state index contributed by atoms with van der Waals surface area (Å²) in [4.78, 5) is 24.9. The number of hydrogen-bond acceptors (Lipinski definition) is 5. The Morgan fingerprint density at radius 2 is 1.57 bits per heavy atom. The van der Waals surface area contributed by atoms with Crippen molar-refractivity contribution in [2.75, 3.05) is 33.9 Å². The molecule has 2 rings (SSSR count). The summed E-state index contributed by atoms with van der Waals surface area (Å²) in [7, 11) is 3.31. The third kappa shape index (κ3) is 5.64. The van der Waals surface area contributed by atoms with E-state index in [1.54, 1.807) is 45.0 Å². The van der Waals surface area contributed by atoms with Crippen molar-refractivity contribution in [3.63, 3.8) is 0 Å². The largest absolute Gasteiger partial charge is 0.497 e. The molecule has 0 heterocycles. The Balaban J connectivity index is 1.95. The van der Waals surface area contributed by atoms with Crippen molar-refractivity contribution in [2.45, 2.75) is 13.8 Å². The lowest BCUT2D eigenvalue weighted by molar-refractivity contribution is -0.139. The normalized spacial score (nSPS) is 10.3. The number of carboxylic acid groups (broad SMARTS) is 1. The van der Waals surface area contributed by atoms with Crippen molar-refractivity contribution in [1.82, 2.24) is 4.90 Å².